The van der Waals surface area contributed by atoms with E-state index in [9.17, 15) is 4.79 Å². The molecule has 1 N–H and O–H groups in total. The molecule has 0 spiro atoms. The van der Waals surface area contributed by atoms with Gasteiger partial charge in [0, 0.05) is 16.1 Å². The third kappa shape index (κ3) is 4.03. The maximum Gasteiger partial charge on any atom is 0.291 e. The average molecular weight is 451 g/mol. The van der Waals surface area contributed by atoms with E-state index < -0.39 is 0 Å². The number of pyridine rings is 1. The monoisotopic (exact) mass is 450 g/mol. The van der Waals surface area contributed by atoms with Crippen molar-refractivity contribution in [1.82, 2.24) is 4.98 Å². The quantitative estimate of drug-likeness (QED) is 0.402. The molecule has 5 nitrogen and oxygen atoms in total. The highest BCUT2D eigenvalue weighted by atomic mass is 79.9. The van der Waals surface area contributed by atoms with Crippen LogP contribution in [0.1, 0.15) is 27.4 Å². The van der Waals surface area contributed by atoms with Crippen LogP contribution in [-0.2, 0) is 6.61 Å². The number of furan rings is 1. The second-order valence-electron chi connectivity index (χ2n) is 6.72. The summed E-state index contributed by atoms with van der Waals surface area (Å²) in [6.07, 6.45) is 1.69. The van der Waals surface area contributed by atoms with Crippen molar-refractivity contribution in [3.63, 3.8) is 0 Å². The van der Waals surface area contributed by atoms with Gasteiger partial charge in [-0.05, 0) is 55.3 Å². The van der Waals surface area contributed by atoms with E-state index in [-0.39, 0.29) is 18.3 Å². The van der Waals surface area contributed by atoms with E-state index in [2.05, 4.69) is 26.2 Å². The molecule has 0 bridgehead atoms. The summed E-state index contributed by atoms with van der Waals surface area (Å²) in [4.78, 5) is 17.0. The van der Waals surface area contributed by atoms with Gasteiger partial charge in [0.15, 0.2) is 5.76 Å². The van der Waals surface area contributed by atoms with Crippen molar-refractivity contribution in [2.45, 2.75) is 20.5 Å². The molecule has 0 aliphatic carbocycles. The first-order valence-electron chi connectivity index (χ1n) is 9.15. The molecule has 1 amide bonds. The number of ether oxygens (including phenoxy) is 1. The van der Waals surface area contributed by atoms with E-state index in [1.165, 1.54) is 0 Å². The van der Waals surface area contributed by atoms with E-state index in [1.54, 1.807) is 18.3 Å². The molecular weight excluding hydrogens is 432 g/mol. The van der Waals surface area contributed by atoms with E-state index in [4.69, 9.17) is 9.15 Å². The molecule has 2 heterocycles. The van der Waals surface area contributed by atoms with Crippen LogP contribution >= 0.6 is 15.9 Å². The lowest BCUT2D eigenvalue weighted by Gasteiger charge is -2.10. The molecule has 0 saturated heterocycles. The number of para-hydroxylation sites is 1. The van der Waals surface area contributed by atoms with Gasteiger partial charge in [-0.15, -0.1) is 0 Å². The van der Waals surface area contributed by atoms with Crippen molar-refractivity contribution in [1.29, 1.82) is 0 Å². The van der Waals surface area contributed by atoms with Crippen molar-refractivity contribution < 1.29 is 13.9 Å². The lowest BCUT2D eigenvalue weighted by atomic mass is 10.1. The molecule has 2 aromatic carbocycles. The van der Waals surface area contributed by atoms with Crippen LogP contribution in [0.25, 0.3) is 10.9 Å². The fraction of sp³-hybridized carbons (Fsp3) is 0.130. The molecule has 29 heavy (non-hydrogen) atoms. The van der Waals surface area contributed by atoms with Gasteiger partial charge in [-0.25, -0.2) is 0 Å². The fourth-order valence-corrected chi connectivity index (χ4v) is 3.62. The molecule has 0 radical (unpaired) electrons. The molecule has 0 unspecified atom stereocenters. The number of aryl methyl sites for hydroxylation is 2. The summed E-state index contributed by atoms with van der Waals surface area (Å²) in [6, 6.07) is 16.9. The highest BCUT2D eigenvalue weighted by Gasteiger charge is 2.15. The summed E-state index contributed by atoms with van der Waals surface area (Å²) < 4.78 is 12.5. The molecule has 0 fully saturated rings. The Morgan fingerprint density at radius 2 is 1.86 bits per heavy atom. The third-order valence-corrected chi connectivity index (χ3v) is 5.31. The number of hydrogen-bond donors (Lipinski definition) is 1. The zero-order valence-corrected chi connectivity index (χ0v) is 17.6. The molecular formula is C23H19BrN2O3. The van der Waals surface area contributed by atoms with Crippen molar-refractivity contribution in [2.24, 2.45) is 0 Å². The zero-order valence-electron chi connectivity index (χ0n) is 16.0. The molecule has 0 aliphatic rings. The van der Waals surface area contributed by atoms with Crippen LogP contribution in [0.15, 0.2) is 69.7 Å². The highest BCUT2D eigenvalue weighted by molar-refractivity contribution is 9.10. The Morgan fingerprint density at radius 1 is 1.07 bits per heavy atom. The van der Waals surface area contributed by atoms with Gasteiger partial charge in [0.05, 0.1) is 11.2 Å². The molecule has 0 atom stereocenters. The lowest BCUT2D eigenvalue weighted by Crippen LogP contribution is -2.11. The summed E-state index contributed by atoms with van der Waals surface area (Å²) in [7, 11) is 0. The first kappa shape index (κ1) is 19.2. The Bertz CT molecular complexity index is 1180. The van der Waals surface area contributed by atoms with E-state index in [1.807, 2.05) is 56.3 Å². The molecule has 146 valence electrons. The Labute approximate surface area is 176 Å². The number of halogens is 1. The van der Waals surface area contributed by atoms with Crippen LogP contribution < -0.4 is 10.1 Å². The summed E-state index contributed by atoms with van der Waals surface area (Å²) in [6.45, 7) is 4.25. The topological polar surface area (TPSA) is 64.4 Å². The van der Waals surface area contributed by atoms with Crippen LogP contribution in [-0.4, -0.2) is 10.9 Å². The number of nitrogens with zero attached hydrogens (tertiary/aromatic N) is 1. The second kappa shape index (κ2) is 8.09. The predicted octanol–water partition coefficient (Wildman–Crippen LogP) is 6.04. The minimum absolute atomic E-state index is 0.220. The minimum Gasteiger partial charge on any atom is -0.485 e. The van der Waals surface area contributed by atoms with Crippen molar-refractivity contribution >= 4 is 38.4 Å². The van der Waals surface area contributed by atoms with Gasteiger partial charge in [-0.1, -0.05) is 40.2 Å². The van der Waals surface area contributed by atoms with Crippen molar-refractivity contribution in [2.75, 3.05) is 5.32 Å². The first-order valence-corrected chi connectivity index (χ1v) is 9.94. The summed E-state index contributed by atoms with van der Waals surface area (Å²) in [5.41, 5.74) is 3.45. The number of nitrogens with one attached hydrogen (secondary N) is 1. The number of carbonyl (C=O) groups excluding carboxylic acids is 1. The lowest BCUT2D eigenvalue weighted by molar-refractivity contribution is 0.0992. The van der Waals surface area contributed by atoms with Gasteiger partial charge in [-0.3, -0.25) is 9.78 Å². The number of aromatic nitrogens is 1. The average Bonchev–Trinajstić information content (AvgIpc) is 3.19. The predicted molar refractivity (Wildman–Crippen MR) is 116 cm³/mol. The Morgan fingerprint density at radius 3 is 2.66 bits per heavy atom. The standard InChI is InChI=1S/C23H19BrN2O3/c1-14-5-3-6-15(2)22(14)28-13-16-8-11-20(29-16)23(27)26-19-10-9-18(24)17-7-4-12-25-21(17)19/h3-12H,13H2,1-2H3,(H,26,27). The number of amides is 1. The van der Waals surface area contributed by atoms with Gasteiger partial charge in [0.2, 0.25) is 0 Å². The Hall–Kier alpha value is -3.12. The van der Waals surface area contributed by atoms with Crippen molar-refractivity contribution in [3.8, 4) is 5.75 Å². The summed E-state index contributed by atoms with van der Waals surface area (Å²) in [5.74, 6) is 1.30. The molecule has 0 saturated carbocycles. The number of benzene rings is 2. The normalized spacial score (nSPS) is 10.9. The fourth-order valence-electron chi connectivity index (χ4n) is 3.17. The van der Waals surface area contributed by atoms with E-state index >= 15 is 0 Å². The van der Waals surface area contributed by atoms with Gasteiger partial charge in [0.25, 0.3) is 5.91 Å². The summed E-state index contributed by atoms with van der Waals surface area (Å²) >= 11 is 3.51. The van der Waals surface area contributed by atoms with Gasteiger partial charge < -0.3 is 14.5 Å². The maximum atomic E-state index is 12.7. The second-order valence-corrected chi connectivity index (χ2v) is 7.58. The van der Waals surface area contributed by atoms with Crippen LogP contribution in [0.3, 0.4) is 0 Å². The third-order valence-electron chi connectivity index (χ3n) is 4.62. The van der Waals surface area contributed by atoms with E-state index in [0.717, 1.165) is 26.7 Å². The molecule has 6 heteroatoms. The first-order chi connectivity index (χ1) is 14.0. The highest BCUT2D eigenvalue weighted by Crippen LogP contribution is 2.29. The van der Waals surface area contributed by atoms with E-state index in [0.29, 0.717) is 17.0 Å². The molecule has 4 aromatic rings. The Kier molecular flexibility index (Phi) is 5.36. The summed E-state index contributed by atoms with van der Waals surface area (Å²) in [5, 5.41) is 3.80. The number of rotatable bonds is 5. The number of carbonyl (C=O) groups is 1. The smallest absolute Gasteiger partial charge is 0.291 e. The van der Waals surface area contributed by atoms with Crippen LogP contribution in [0.4, 0.5) is 5.69 Å². The number of anilines is 1. The largest absolute Gasteiger partial charge is 0.485 e. The van der Waals surface area contributed by atoms with Gasteiger partial charge in [-0.2, -0.15) is 0 Å². The molecule has 2 aromatic heterocycles. The Balaban J connectivity index is 1.49. The maximum absolute atomic E-state index is 12.7. The SMILES string of the molecule is Cc1cccc(C)c1OCc1ccc(C(=O)Nc2ccc(Br)c3cccnc23)o1. The number of hydrogen-bond acceptors (Lipinski definition) is 4. The van der Waals surface area contributed by atoms with Crippen LogP contribution in [0.5, 0.6) is 5.75 Å². The van der Waals surface area contributed by atoms with Crippen LogP contribution in [0.2, 0.25) is 0 Å². The molecule has 4 rings (SSSR count). The van der Waals surface area contributed by atoms with Gasteiger partial charge >= 0.3 is 0 Å². The van der Waals surface area contributed by atoms with Crippen LogP contribution in [0, 0.1) is 13.8 Å². The van der Waals surface area contributed by atoms with Crippen molar-refractivity contribution in [3.05, 3.63) is 87.9 Å². The minimum atomic E-state index is -0.336. The number of fused-ring (bicyclic) bond motifs is 1. The molecule has 0 aliphatic heterocycles. The zero-order chi connectivity index (χ0) is 20.4. The van der Waals surface area contributed by atoms with Gasteiger partial charge in [0.1, 0.15) is 18.1 Å².